The van der Waals surface area contributed by atoms with Crippen molar-refractivity contribution in [1.29, 1.82) is 0 Å². The van der Waals surface area contributed by atoms with Crippen LogP contribution in [0.25, 0.3) is 0 Å². The average Bonchev–Trinajstić information content (AvgIpc) is 2.63. The molecule has 0 aliphatic carbocycles. The van der Waals surface area contributed by atoms with Crippen LogP contribution in [-0.4, -0.2) is 5.91 Å². The lowest BCUT2D eigenvalue weighted by Crippen LogP contribution is -2.13. The van der Waals surface area contributed by atoms with Crippen molar-refractivity contribution in [2.24, 2.45) is 0 Å². The summed E-state index contributed by atoms with van der Waals surface area (Å²) in [5, 5.41) is 3.09. The molecule has 126 valence electrons. The fraction of sp³-hybridized carbons (Fsp3) is 0.0500. The third-order valence-electron chi connectivity index (χ3n) is 3.57. The zero-order valence-corrected chi connectivity index (χ0v) is 14.0. The van der Waals surface area contributed by atoms with Crippen molar-refractivity contribution in [3.05, 3.63) is 94.8 Å². The van der Waals surface area contributed by atoms with Crippen LogP contribution in [0, 0.1) is 5.82 Å². The highest BCUT2D eigenvalue weighted by Crippen LogP contribution is 2.24. The molecule has 0 radical (unpaired) electrons. The molecule has 0 heterocycles. The number of benzene rings is 3. The van der Waals surface area contributed by atoms with E-state index in [1.807, 2.05) is 12.1 Å². The van der Waals surface area contributed by atoms with Crippen LogP contribution in [-0.2, 0) is 6.61 Å². The molecular formula is C20H15ClFNO2. The Kier molecular flexibility index (Phi) is 5.31. The molecule has 3 rings (SSSR count). The van der Waals surface area contributed by atoms with Crippen molar-refractivity contribution >= 4 is 23.2 Å². The van der Waals surface area contributed by atoms with Gasteiger partial charge in [-0.3, -0.25) is 4.79 Å². The van der Waals surface area contributed by atoms with Gasteiger partial charge in [0.05, 0.1) is 10.7 Å². The number of nitrogens with one attached hydrogen (secondary N) is 1. The predicted molar refractivity (Wildman–Crippen MR) is 96.6 cm³/mol. The van der Waals surface area contributed by atoms with Gasteiger partial charge in [0.1, 0.15) is 18.2 Å². The van der Waals surface area contributed by atoms with E-state index in [4.69, 9.17) is 16.3 Å². The second kappa shape index (κ2) is 7.81. The predicted octanol–water partition coefficient (Wildman–Crippen LogP) is 5.31. The highest BCUT2D eigenvalue weighted by Gasteiger charge is 2.09. The summed E-state index contributed by atoms with van der Waals surface area (Å²) in [6.07, 6.45) is 0. The molecule has 1 N–H and O–H groups in total. The Hall–Kier alpha value is -2.85. The molecule has 0 aliphatic rings. The normalized spacial score (nSPS) is 10.3. The first-order chi connectivity index (χ1) is 12.1. The maximum absolute atomic E-state index is 13.6. The summed E-state index contributed by atoms with van der Waals surface area (Å²) in [5.74, 6) is -0.241. The minimum atomic E-state index is -0.472. The largest absolute Gasteiger partial charge is 0.487 e. The molecule has 1 amide bonds. The van der Waals surface area contributed by atoms with Crippen LogP contribution in [0.4, 0.5) is 10.1 Å². The number of anilines is 1. The minimum Gasteiger partial charge on any atom is -0.487 e. The van der Waals surface area contributed by atoms with Gasteiger partial charge in [-0.25, -0.2) is 4.39 Å². The van der Waals surface area contributed by atoms with E-state index < -0.39 is 5.82 Å². The van der Waals surface area contributed by atoms with Gasteiger partial charge in [0.2, 0.25) is 0 Å². The number of carbonyl (C=O) groups excluding carboxylic acids is 1. The number of ether oxygens (including phenoxy) is 1. The molecule has 3 aromatic carbocycles. The fourth-order valence-corrected chi connectivity index (χ4v) is 2.42. The van der Waals surface area contributed by atoms with E-state index in [9.17, 15) is 9.18 Å². The SMILES string of the molecule is O=C(Nc1ccccc1F)c1ccc(COc2ccccc2Cl)cc1. The maximum Gasteiger partial charge on any atom is 0.255 e. The number of para-hydroxylation sites is 2. The van der Waals surface area contributed by atoms with Crippen LogP contribution < -0.4 is 10.1 Å². The number of carbonyl (C=O) groups is 1. The van der Waals surface area contributed by atoms with Crippen LogP contribution >= 0.6 is 11.6 Å². The second-order valence-electron chi connectivity index (χ2n) is 5.35. The number of hydrogen-bond acceptors (Lipinski definition) is 2. The standard InChI is InChI=1S/C20H15ClFNO2/c21-16-5-1-4-8-19(16)25-13-14-9-11-15(12-10-14)20(24)23-18-7-3-2-6-17(18)22/h1-12H,13H2,(H,23,24). The van der Waals surface area contributed by atoms with E-state index >= 15 is 0 Å². The number of hydrogen-bond donors (Lipinski definition) is 1. The topological polar surface area (TPSA) is 38.3 Å². The first-order valence-electron chi connectivity index (χ1n) is 7.65. The number of amides is 1. The van der Waals surface area contributed by atoms with E-state index in [-0.39, 0.29) is 11.6 Å². The number of halogens is 2. The zero-order chi connectivity index (χ0) is 17.6. The van der Waals surface area contributed by atoms with Crippen molar-refractivity contribution < 1.29 is 13.9 Å². The fourth-order valence-electron chi connectivity index (χ4n) is 2.23. The van der Waals surface area contributed by atoms with Gasteiger partial charge in [0, 0.05) is 5.56 Å². The van der Waals surface area contributed by atoms with Crippen molar-refractivity contribution in [2.75, 3.05) is 5.32 Å². The van der Waals surface area contributed by atoms with Gasteiger partial charge in [-0.05, 0) is 42.0 Å². The molecule has 0 saturated carbocycles. The summed E-state index contributed by atoms with van der Waals surface area (Å²) in [5.41, 5.74) is 1.48. The third kappa shape index (κ3) is 4.37. The molecule has 0 aliphatic heterocycles. The first kappa shape index (κ1) is 17.0. The van der Waals surface area contributed by atoms with Gasteiger partial charge in [-0.15, -0.1) is 0 Å². The lowest BCUT2D eigenvalue weighted by atomic mass is 10.1. The Morgan fingerprint density at radius 1 is 0.960 bits per heavy atom. The number of rotatable bonds is 5. The van der Waals surface area contributed by atoms with Crippen LogP contribution in [0.3, 0.4) is 0 Å². The van der Waals surface area contributed by atoms with E-state index in [2.05, 4.69) is 5.32 Å². The van der Waals surface area contributed by atoms with E-state index in [1.165, 1.54) is 12.1 Å². The lowest BCUT2D eigenvalue weighted by Gasteiger charge is -2.09. The molecule has 0 aromatic heterocycles. The zero-order valence-electron chi connectivity index (χ0n) is 13.2. The first-order valence-corrected chi connectivity index (χ1v) is 8.03. The molecule has 3 nitrogen and oxygen atoms in total. The quantitative estimate of drug-likeness (QED) is 0.673. The Bertz CT molecular complexity index is 881. The molecule has 25 heavy (non-hydrogen) atoms. The Morgan fingerprint density at radius 2 is 1.64 bits per heavy atom. The summed E-state index contributed by atoms with van der Waals surface area (Å²) in [6.45, 7) is 0.332. The summed E-state index contributed by atoms with van der Waals surface area (Å²) in [6, 6.07) is 20.2. The van der Waals surface area contributed by atoms with Crippen LogP contribution in [0.2, 0.25) is 5.02 Å². The summed E-state index contributed by atoms with van der Waals surface area (Å²) < 4.78 is 19.2. The Morgan fingerprint density at radius 3 is 2.36 bits per heavy atom. The molecule has 0 atom stereocenters. The van der Waals surface area contributed by atoms with Crippen molar-refractivity contribution in [1.82, 2.24) is 0 Å². The molecular weight excluding hydrogens is 341 g/mol. The van der Waals surface area contributed by atoms with Crippen molar-refractivity contribution in [2.45, 2.75) is 6.61 Å². The van der Waals surface area contributed by atoms with Crippen molar-refractivity contribution in [3.8, 4) is 5.75 Å². The molecule has 0 spiro atoms. The van der Waals surface area contributed by atoms with E-state index in [1.54, 1.807) is 48.5 Å². The monoisotopic (exact) mass is 355 g/mol. The summed E-state index contributed by atoms with van der Waals surface area (Å²) in [4.78, 5) is 12.2. The Balaban J connectivity index is 1.63. The van der Waals surface area contributed by atoms with E-state index in [0.717, 1.165) is 5.56 Å². The highest BCUT2D eigenvalue weighted by atomic mass is 35.5. The van der Waals surface area contributed by atoms with Gasteiger partial charge in [-0.2, -0.15) is 0 Å². The molecule has 3 aromatic rings. The molecule has 0 unspecified atom stereocenters. The second-order valence-corrected chi connectivity index (χ2v) is 5.76. The van der Waals surface area contributed by atoms with Crippen LogP contribution in [0.5, 0.6) is 5.75 Å². The van der Waals surface area contributed by atoms with Gasteiger partial charge >= 0.3 is 0 Å². The highest BCUT2D eigenvalue weighted by molar-refractivity contribution is 6.32. The molecule has 0 fully saturated rings. The van der Waals surface area contributed by atoms with Gasteiger partial charge in [0.25, 0.3) is 5.91 Å². The Labute approximate surface area is 150 Å². The van der Waals surface area contributed by atoms with Crippen molar-refractivity contribution in [3.63, 3.8) is 0 Å². The van der Waals surface area contributed by atoms with Gasteiger partial charge in [0.15, 0.2) is 0 Å². The van der Waals surface area contributed by atoms with Crippen LogP contribution in [0.15, 0.2) is 72.8 Å². The van der Waals surface area contributed by atoms with Gasteiger partial charge in [-0.1, -0.05) is 48.0 Å². The molecule has 5 heteroatoms. The molecule has 0 saturated heterocycles. The van der Waals surface area contributed by atoms with E-state index in [0.29, 0.717) is 22.9 Å². The average molecular weight is 356 g/mol. The van der Waals surface area contributed by atoms with Gasteiger partial charge < -0.3 is 10.1 Å². The third-order valence-corrected chi connectivity index (χ3v) is 3.88. The summed E-state index contributed by atoms with van der Waals surface area (Å²) >= 11 is 6.04. The summed E-state index contributed by atoms with van der Waals surface area (Å²) in [7, 11) is 0. The van der Waals surface area contributed by atoms with Crippen LogP contribution in [0.1, 0.15) is 15.9 Å². The molecule has 0 bridgehead atoms. The lowest BCUT2D eigenvalue weighted by molar-refractivity contribution is 0.102. The minimum absolute atomic E-state index is 0.152. The smallest absolute Gasteiger partial charge is 0.255 e. The maximum atomic E-state index is 13.6.